The van der Waals surface area contributed by atoms with Crippen molar-refractivity contribution in [2.75, 3.05) is 31.2 Å². The van der Waals surface area contributed by atoms with Gasteiger partial charge >= 0.3 is 0 Å². The van der Waals surface area contributed by atoms with Crippen LogP contribution in [0.4, 0.5) is 5.82 Å². The highest BCUT2D eigenvalue weighted by molar-refractivity contribution is 7.94. The highest BCUT2D eigenvalue weighted by atomic mass is 35.5. The molecule has 0 amide bonds. The Hall–Kier alpha value is -1.38. The fourth-order valence-electron chi connectivity index (χ4n) is 2.93. The van der Waals surface area contributed by atoms with Crippen LogP contribution in [0.15, 0.2) is 29.3 Å². The summed E-state index contributed by atoms with van der Waals surface area (Å²) < 4.78 is 34.9. The Morgan fingerprint density at radius 3 is 2.63 bits per heavy atom. The number of halogens is 2. The van der Waals surface area contributed by atoms with Crippen LogP contribution in [0, 0.1) is 13.8 Å². The lowest BCUT2D eigenvalue weighted by molar-refractivity contribution is -0.364. The van der Waals surface area contributed by atoms with Crippen molar-refractivity contribution in [3.8, 4) is 0 Å². The number of aromatic nitrogens is 1. The van der Waals surface area contributed by atoms with Gasteiger partial charge in [0, 0.05) is 11.1 Å². The van der Waals surface area contributed by atoms with Crippen LogP contribution >= 0.6 is 23.2 Å². The Morgan fingerprint density at radius 1 is 1.22 bits per heavy atom. The van der Waals surface area contributed by atoms with Gasteiger partial charge < -0.3 is 9.46 Å². The average molecular weight is 430 g/mol. The lowest BCUT2D eigenvalue weighted by atomic mass is 10.2. The molecule has 3 rings (SSSR count). The van der Waals surface area contributed by atoms with Gasteiger partial charge in [-0.2, -0.15) is 0 Å². The van der Waals surface area contributed by atoms with Gasteiger partial charge in [0.1, 0.15) is 23.1 Å². The molecule has 6 nitrogen and oxygen atoms in total. The first kappa shape index (κ1) is 20.4. The Kier molecular flexibility index (Phi) is 6.28. The molecule has 0 bridgehead atoms. The van der Waals surface area contributed by atoms with Crippen molar-refractivity contribution >= 4 is 39.0 Å². The van der Waals surface area contributed by atoms with E-state index in [0.29, 0.717) is 29.4 Å². The van der Waals surface area contributed by atoms with Crippen molar-refractivity contribution in [2.45, 2.75) is 25.3 Å². The third kappa shape index (κ3) is 4.55. The van der Waals surface area contributed by atoms with E-state index in [1.54, 1.807) is 32.2 Å². The van der Waals surface area contributed by atoms with Crippen LogP contribution in [-0.4, -0.2) is 34.7 Å². The third-order valence-electron chi connectivity index (χ3n) is 4.47. The van der Waals surface area contributed by atoms with Crippen LogP contribution in [0.5, 0.6) is 0 Å². The largest absolute Gasteiger partial charge is 0.541 e. The molecule has 146 valence electrons. The van der Waals surface area contributed by atoms with Gasteiger partial charge in [0.05, 0.1) is 29.3 Å². The molecule has 0 radical (unpaired) electrons. The van der Waals surface area contributed by atoms with E-state index in [1.165, 1.54) is 0 Å². The summed E-state index contributed by atoms with van der Waals surface area (Å²) in [7, 11) is -3.94. The van der Waals surface area contributed by atoms with Crippen LogP contribution < -0.4 is 9.88 Å². The fraction of sp³-hybridized carbons (Fsp3) is 0.389. The van der Waals surface area contributed by atoms with Crippen molar-refractivity contribution in [3.63, 3.8) is 0 Å². The summed E-state index contributed by atoms with van der Waals surface area (Å²) in [5, 5.41) is 0.519. The molecule has 1 aromatic carbocycles. The molecule has 0 unspecified atom stereocenters. The second kappa shape index (κ2) is 8.32. The summed E-state index contributed by atoms with van der Waals surface area (Å²) in [5.41, 5.74) is 1.79. The number of hydrogen-bond acceptors (Lipinski definition) is 4. The molecule has 0 saturated carbocycles. The average Bonchev–Trinajstić information content (AvgIpc) is 2.66. The molecule has 1 fully saturated rings. The molecule has 1 aromatic heterocycles. The Balaban J connectivity index is 1.80. The van der Waals surface area contributed by atoms with E-state index < -0.39 is 10.0 Å². The van der Waals surface area contributed by atoms with Crippen LogP contribution in [-0.2, 0) is 21.3 Å². The Labute approximate surface area is 169 Å². The lowest BCUT2D eigenvalue weighted by Crippen LogP contribution is -2.39. The Morgan fingerprint density at radius 2 is 1.93 bits per heavy atom. The van der Waals surface area contributed by atoms with Gasteiger partial charge in [0.2, 0.25) is 0 Å². The zero-order valence-corrected chi connectivity index (χ0v) is 17.5. The molecular weight excluding hydrogens is 409 g/mol. The van der Waals surface area contributed by atoms with E-state index in [-0.39, 0.29) is 16.5 Å². The highest BCUT2D eigenvalue weighted by Crippen LogP contribution is 2.36. The van der Waals surface area contributed by atoms with Gasteiger partial charge in [-0.1, -0.05) is 28.8 Å². The van der Waals surface area contributed by atoms with Crippen LogP contribution in [0.2, 0.25) is 10.0 Å². The van der Waals surface area contributed by atoms with Gasteiger partial charge in [-0.25, -0.2) is 13.4 Å². The standard InChI is InChI=1S/C18H20Cl2N3O3S/c1-12-9-15(19)13(2)18(17(12)20)27(24,25)22-11-14-3-4-21-16(10-14)23-5-7-26-8-6-23/h3-4,9-10H,5-8,11H2,1-2H3/q-1/p+1. The molecule has 2 heterocycles. The first-order valence-electron chi connectivity index (χ1n) is 8.52. The maximum Gasteiger partial charge on any atom is 0.274 e. The number of H-pyrrole nitrogens is 1. The molecule has 0 atom stereocenters. The lowest BCUT2D eigenvalue weighted by Gasteiger charge is -2.24. The number of pyridine rings is 1. The maximum absolute atomic E-state index is 12.8. The van der Waals surface area contributed by atoms with Gasteiger partial charge in [-0.05, 0) is 37.1 Å². The number of morpholine rings is 1. The normalized spacial score (nSPS) is 15.2. The molecule has 1 aliphatic heterocycles. The minimum Gasteiger partial charge on any atom is -0.541 e. The number of nitrogens with zero attached hydrogens (tertiary/aromatic N) is 2. The quantitative estimate of drug-likeness (QED) is 0.728. The van der Waals surface area contributed by atoms with E-state index in [0.717, 1.165) is 24.5 Å². The number of sulfonamides is 1. The first-order valence-corrected chi connectivity index (χ1v) is 10.7. The summed E-state index contributed by atoms with van der Waals surface area (Å²) in [6.07, 6.45) is 1.78. The summed E-state index contributed by atoms with van der Waals surface area (Å²) >= 11 is 12.4. The minimum atomic E-state index is -3.94. The molecular formula is C18H21Cl2N3O3S. The molecule has 0 aliphatic carbocycles. The number of hydrogen-bond donors (Lipinski definition) is 0. The second-order valence-electron chi connectivity index (χ2n) is 6.39. The zero-order chi connectivity index (χ0) is 19.6. The summed E-state index contributed by atoms with van der Waals surface area (Å²) in [5.74, 6) is 0.913. The number of aryl methyl sites for hydroxylation is 1. The van der Waals surface area contributed by atoms with Crippen molar-refractivity contribution in [3.05, 3.63) is 55.9 Å². The maximum atomic E-state index is 12.8. The highest BCUT2D eigenvalue weighted by Gasteiger charge is 2.20. The van der Waals surface area contributed by atoms with E-state index >= 15 is 0 Å². The van der Waals surface area contributed by atoms with Crippen LogP contribution in [0.3, 0.4) is 0 Å². The number of ether oxygens (including phenoxy) is 1. The predicted octanol–water partition coefficient (Wildman–Crippen LogP) is 3.52. The zero-order valence-electron chi connectivity index (χ0n) is 15.1. The topological polar surface area (TPSA) is 74.9 Å². The van der Waals surface area contributed by atoms with Crippen LogP contribution in [0.25, 0.3) is 4.72 Å². The number of nitrogens with one attached hydrogen (secondary N) is 1. The third-order valence-corrected chi connectivity index (χ3v) is 6.95. The summed E-state index contributed by atoms with van der Waals surface area (Å²) in [6, 6.07) is 5.36. The molecule has 1 N–H and O–H groups in total. The first-order chi connectivity index (χ1) is 12.8. The van der Waals surface area contributed by atoms with E-state index in [9.17, 15) is 8.42 Å². The molecule has 1 saturated heterocycles. The summed E-state index contributed by atoms with van der Waals surface area (Å²) in [4.78, 5) is 5.31. The SMILES string of the molecule is Cc1cc(Cl)c(C)c(S(=O)(=O)[N-]Cc2cc[nH+]c(N3CCOCC3)c2)c1Cl. The van der Waals surface area contributed by atoms with Crippen molar-refractivity contribution in [1.82, 2.24) is 0 Å². The number of aromatic amines is 1. The van der Waals surface area contributed by atoms with E-state index in [2.05, 4.69) is 14.6 Å². The smallest absolute Gasteiger partial charge is 0.274 e. The van der Waals surface area contributed by atoms with Crippen LogP contribution in [0.1, 0.15) is 16.7 Å². The predicted molar refractivity (Wildman–Crippen MR) is 106 cm³/mol. The van der Waals surface area contributed by atoms with E-state index in [1.807, 2.05) is 6.07 Å². The van der Waals surface area contributed by atoms with Gasteiger partial charge in [-0.15, -0.1) is 6.54 Å². The van der Waals surface area contributed by atoms with Crippen molar-refractivity contribution < 1.29 is 18.1 Å². The number of benzene rings is 1. The minimum absolute atomic E-state index is 0.0231. The molecule has 9 heteroatoms. The molecule has 1 aliphatic rings. The second-order valence-corrected chi connectivity index (χ2v) is 8.79. The van der Waals surface area contributed by atoms with Gasteiger partial charge in [0.15, 0.2) is 0 Å². The Bertz CT molecular complexity index is 919. The van der Waals surface area contributed by atoms with E-state index in [4.69, 9.17) is 27.9 Å². The van der Waals surface area contributed by atoms with Crippen molar-refractivity contribution in [1.29, 1.82) is 0 Å². The molecule has 27 heavy (non-hydrogen) atoms. The van der Waals surface area contributed by atoms with Gasteiger partial charge in [0.25, 0.3) is 5.82 Å². The molecule has 2 aromatic rings. The number of rotatable bonds is 5. The van der Waals surface area contributed by atoms with Gasteiger partial charge in [-0.3, -0.25) is 4.90 Å². The molecule has 0 spiro atoms. The fourth-order valence-corrected chi connectivity index (χ4v) is 5.06. The summed E-state index contributed by atoms with van der Waals surface area (Å²) in [6.45, 7) is 6.28. The monoisotopic (exact) mass is 429 g/mol. The van der Waals surface area contributed by atoms with Crippen molar-refractivity contribution in [2.24, 2.45) is 0 Å². The number of anilines is 1.